The number of imidazole rings is 1. The van der Waals surface area contributed by atoms with Gasteiger partial charge in [0.1, 0.15) is 17.6 Å². The van der Waals surface area contributed by atoms with Crippen molar-refractivity contribution in [2.24, 2.45) is 0 Å². The fourth-order valence-corrected chi connectivity index (χ4v) is 2.62. The second-order valence-corrected chi connectivity index (χ2v) is 5.06. The van der Waals surface area contributed by atoms with Crippen molar-refractivity contribution in [1.29, 1.82) is 5.26 Å². The zero-order valence-electron chi connectivity index (χ0n) is 12.9. The molecule has 0 spiro atoms. The van der Waals surface area contributed by atoms with Gasteiger partial charge in [-0.3, -0.25) is 4.40 Å². The van der Waals surface area contributed by atoms with E-state index in [1.54, 1.807) is 46.9 Å². The predicted octanol–water partition coefficient (Wildman–Crippen LogP) is 2.40. The molecule has 24 heavy (non-hydrogen) atoms. The van der Waals surface area contributed by atoms with Crippen molar-refractivity contribution in [3.8, 4) is 17.3 Å². The first kappa shape index (κ1) is 15.4. The summed E-state index contributed by atoms with van der Waals surface area (Å²) in [7, 11) is 1.30. The lowest BCUT2D eigenvalue weighted by atomic mass is 10.1. The van der Waals surface area contributed by atoms with E-state index in [1.165, 1.54) is 7.11 Å². The highest BCUT2D eigenvalue weighted by atomic mass is 16.5. The topological polar surface area (TPSA) is 84.5 Å². The summed E-state index contributed by atoms with van der Waals surface area (Å²) in [6.07, 6.45) is 0.870. The predicted molar refractivity (Wildman–Crippen MR) is 86.5 cm³/mol. The van der Waals surface area contributed by atoms with Crippen molar-refractivity contribution < 1.29 is 14.3 Å². The molecule has 0 atom stereocenters. The number of aromatic nitrogens is 2. The summed E-state index contributed by atoms with van der Waals surface area (Å²) in [6, 6.07) is 14.1. The van der Waals surface area contributed by atoms with Crippen molar-refractivity contribution in [2.45, 2.75) is 6.42 Å². The molecule has 0 bridgehead atoms. The fraction of sp³-hybridized carbons (Fsp3) is 0.111. The minimum atomic E-state index is -0.503. The van der Waals surface area contributed by atoms with Crippen molar-refractivity contribution in [2.75, 3.05) is 7.11 Å². The van der Waals surface area contributed by atoms with Gasteiger partial charge in [0.2, 0.25) is 0 Å². The molecule has 1 aromatic carbocycles. The van der Waals surface area contributed by atoms with Crippen LogP contribution in [0.5, 0.6) is 0 Å². The highest BCUT2D eigenvalue weighted by molar-refractivity contribution is 5.89. The minimum Gasteiger partial charge on any atom is -0.464 e. The number of aldehydes is 1. The van der Waals surface area contributed by atoms with E-state index in [4.69, 9.17) is 10.00 Å². The van der Waals surface area contributed by atoms with Gasteiger partial charge in [0, 0.05) is 12.0 Å². The Morgan fingerprint density at radius 2 is 2.04 bits per heavy atom. The van der Waals surface area contributed by atoms with Gasteiger partial charge in [-0.05, 0) is 24.3 Å². The Kier molecular flexibility index (Phi) is 4.08. The molecule has 2 heterocycles. The van der Waals surface area contributed by atoms with Crippen LogP contribution in [0.3, 0.4) is 0 Å². The maximum absolute atomic E-state index is 12.0. The molecule has 0 unspecified atom stereocenters. The summed E-state index contributed by atoms with van der Waals surface area (Å²) < 4.78 is 6.44. The van der Waals surface area contributed by atoms with Crippen molar-refractivity contribution in [3.05, 3.63) is 59.4 Å². The zero-order valence-corrected chi connectivity index (χ0v) is 12.9. The highest BCUT2D eigenvalue weighted by Crippen LogP contribution is 2.26. The average Bonchev–Trinajstić information content (AvgIpc) is 3.00. The first-order chi connectivity index (χ1) is 11.7. The van der Waals surface area contributed by atoms with Gasteiger partial charge < -0.3 is 9.53 Å². The largest absolute Gasteiger partial charge is 0.464 e. The first-order valence-electron chi connectivity index (χ1n) is 7.22. The zero-order chi connectivity index (χ0) is 17.1. The lowest BCUT2D eigenvalue weighted by Gasteiger charge is -2.07. The van der Waals surface area contributed by atoms with Crippen LogP contribution in [0.1, 0.15) is 21.7 Å². The molecular formula is C18H13N3O3. The lowest BCUT2D eigenvalue weighted by molar-refractivity contribution is -0.107. The third-order valence-corrected chi connectivity index (χ3v) is 3.70. The van der Waals surface area contributed by atoms with E-state index in [1.807, 2.05) is 0 Å². The molecule has 0 aliphatic heterocycles. The number of ether oxygens (including phenoxy) is 1. The maximum atomic E-state index is 12.0. The number of fused-ring (bicyclic) bond motifs is 1. The maximum Gasteiger partial charge on any atom is 0.355 e. The van der Waals surface area contributed by atoms with Gasteiger partial charge in [0.15, 0.2) is 0 Å². The number of nitriles is 1. The van der Waals surface area contributed by atoms with Gasteiger partial charge in [-0.15, -0.1) is 0 Å². The van der Waals surface area contributed by atoms with Gasteiger partial charge in [0.05, 0.1) is 30.1 Å². The quantitative estimate of drug-likeness (QED) is 0.544. The minimum absolute atomic E-state index is 0.102. The molecule has 3 aromatic rings. The van der Waals surface area contributed by atoms with Crippen LogP contribution in [-0.4, -0.2) is 28.7 Å². The number of carbonyl (C=O) groups excluding carboxylic acids is 2. The molecule has 6 heteroatoms. The summed E-state index contributed by atoms with van der Waals surface area (Å²) >= 11 is 0. The summed E-state index contributed by atoms with van der Waals surface area (Å²) in [5.74, 6) is -0.503. The van der Waals surface area contributed by atoms with Crippen LogP contribution in [0.15, 0.2) is 42.5 Å². The van der Waals surface area contributed by atoms with E-state index >= 15 is 0 Å². The van der Waals surface area contributed by atoms with Crippen molar-refractivity contribution in [1.82, 2.24) is 9.38 Å². The Bertz CT molecular complexity index is 966. The van der Waals surface area contributed by atoms with Gasteiger partial charge in [0.25, 0.3) is 0 Å². The molecule has 0 saturated carbocycles. The van der Waals surface area contributed by atoms with Crippen LogP contribution in [0.4, 0.5) is 0 Å². The first-order valence-corrected chi connectivity index (χ1v) is 7.22. The molecule has 0 N–H and O–H groups in total. The lowest BCUT2D eigenvalue weighted by Crippen LogP contribution is -2.10. The Hall–Kier alpha value is -3.46. The number of pyridine rings is 1. The highest BCUT2D eigenvalue weighted by Gasteiger charge is 2.19. The molecule has 6 nitrogen and oxygen atoms in total. The van der Waals surface area contributed by atoms with E-state index in [0.717, 1.165) is 11.8 Å². The molecule has 0 radical (unpaired) electrons. The molecule has 3 rings (SSSR count). The molecule has 0 fully saturated rings. The van der Waals surface area contributed by atoms with E-state index in [2.05, 4.69) is 11.1 Å². The second kappa shape index (κ2) is 6.34. The van der Waals surface area contributed by atoms with Crippen LogP contribution in [0.25, 0.3) is 16.9 Å². The second-order valence-electron chi connectivity index (χ2n) is 5.06. The number of hydrogen-bond donors (Lipinski definition) is 0. The number of carbonyl (C=O) groups is 2. The Morgan fingerprint density at radius 1 is 1.29 bits per heavy atom. The van der Waals surface area contributed by atoms with Gasteiger partial charge in [-0.2, -0.15) is 5.26 Å². The number of benzene rings is 1. The summed E-state index contributed by atoms with van der Waals surface area (Å²) in [4.78, 5) is 27.7. The van der Waals surface area contributed by atoms with E-state index < -0.39 is 5.97 Å². The Labute approximate surface area is 137 Å². The smallest absolute Gasteiger partial charge is 0.355 e. The van der Waals surface area contributed by atoms with Crippen LogP contribution < -0.4 is 0 Å². The monoisotopic (exact) mass is 319 g/mol. The van der Waals surface area contributed by atoms with Crippen LogP contribution in [0, 0.1) is 11.3 Å². The Morgan fingerprint density at radius 3 is 2.67 bits per heavy atom. The molecule has 0 amide bonds. The van der Waals surface area contributed by atoms with Gasteiger partial charge in [-0.25, -0.2) is 9.78 Å². The Balaban J connectivity index is 2.28. The molecule has 118 valence electrons. The standard InChI is InChI=1S/C18H13N3O3/c1-24-18(23)15-3-2-4-16-20-17(14(9-10-22)21(15)16)13-7-5-12(11-19)6-8-13/h2-8,10H,9H2,1H3. The van der Waals surface area contributed by atoms with Crippen LogP contribution in [0.2, 0.25) is 0 Å². The SMILES string of the molecule is COC(=O)c1cccc2nc(-c3ccc(C#N)cc3)c(CC=O)n12. The molecule has 0 aliphatic rings. The summed E-state index contributed by atoms with van der Waals surface area (Å²) in [5.41, 5.74) is 3.36. The van der Waals surface area contributed by atoms with Gasteiger partial charge in [-0.1, -0.05) is 18.2 Å². The normalized spacial score (nSPS) is 10.3. The molecular weight excluding hydrogens is 306 g/mol. The summed E-state index contributed by atoms with van der Waals surface area (Å²) in [5, 5.41) is 8.91. The number of methoxy groups -OCH3 is 1. The third kappa shape index (κ3) is 2.52. The van der Waals surface area contributed by atoms with Crippen molar-refractivity contribution >= 4 is 17.9 Å². The van der Waals surface area contributed by atoms with E-state index in [9.17, 15) is 9.59 Å². The molecule has 2 aromatic heterocycles. The number of hydrogen-bond acceptors (Lipinski definition) is 5. The van der Waals surface area contributed by atoms with Crippen LogP contribution in [-0.2, 0) is 16.0 Å². The number of nitrogens with zero attached hydrogens (tertiary/aromatic N) is 3. The van der Waals surface area contributed by atoms with Gasteiger partial charge >= 0.3 is 5.97 Å². The molecule has 0 aliphatic carbocycles. The van der Waals surface area contributed by atoms with E-state index in [0.29, 0.717) is 28.3 Å². The number of rotatable bonds is 4. The number of esters is 1. The molecule has 0 saturated heterocycles. The third-order valence-electron chi connectivity index (χ3n) is 3.70. The van der Waals surface area contributed by atoms with Crippen molar-refractivity contribution in [3.63, 3.8) is 0 Å². The van der Waals surface area contributed by atoms with Crippen LogP contribution >= 0.6 is 0 Å². The van der Waals surface area contributed by atoms with E-state index in [-0.39, 0.29) is 6.42 Å². The summed E-state index contributed by atoms with van der Waals surface area (Å²) in [6.45, 7) is 0. The average molecular weight is 319 g/mol. The fourth-order valence-electron chi connectivity index (χ4n) is 2.62.